The van der Waals surface area contributed by atoms with Gasteiger partial charge in [-0.1, -0.05) is 22.9 Å². The molecule has 2 aliphatic heterocycles. The molecule has 0 radical (unpaired) electrons. The molecule has 4 aromatic carbocycles. The number of oxime groups is 1. The molecule has 0 aliphatic carbocycles. The normalized spacial score (nSPS) is 16.3. The van der Waals surface area contributed by atoms with Gasteiger partial charge in [0.25, 0.3) is 5.91 Å². The Hall–Kier alpha value is -5.34. The Morgan fingerprint density at radius 3 is 2.10 bits per heavy atom. The highest BCUT2D eigenvalue weighted by Crippen LogP contribution is 2.41. The van der Waals surface area contributed by atoms with E-state index >= 15 is 0 Å². The highest BCUT2D eigenvalue weighted by Gasteiger charge is 2.28. The van der Waals surface area contributed by atoms with Crippen LogP contribution in [0.1, 0.15) is 80.0 Å². The van der Waals surface area contributed by atoms with Crippen LogP contribution in [0.4, 0.5) is 5.69 Å². The minimum atomic E-state index is -0.458. The first-order valence-electron chi connectivity index (χ1n) is 16.9. The average molecular weight is 714 g/mol. The van der Waals surface area contributed by atoms with Crippen molar-refractivity contribution >= 4 is 17.3 Å². The Labute approximate surface area is 301 Å². The molecule has 52 heavy (non-hydrogen) atoms. The lowest BCUT2D eigenvalue weighted by Gasteiger charge is -2.29. The van der Waals surface area contributed by atoms with Gasteiger partial charge in [-0.2, -0.15) is 0 Å². The van der Waals surface area contributed by atoms with E-state index in [2.05, 4.69) is 15.8 Å². The van der Waals surface area contributed by atoms with Crippen molar-refractivity contribution in [3.8, 4) is 23.0 Å². The molecule has 0 bridgehead atoms. The first kappa shape index (κ1) is 36.5. The molecule has 4 aromatic rings. The summed E-state index contributed by atoms with van der Waals surface area (Å²) in [6.07, 6.45) is 0.0148. The average Bonchev–Trinajstić information content (AvgIpc) is 3.67. The molecule has 0 saturated heterocycles. The Kier molecular flexibility index (Phi) is 11.5. The fraction of sp³-hybridized carbons (Fsp3) is 0.333. The van der Waals surface area contributed by atoms with Crippen molar-refractivity contribution in [1.29, 1.82) is 0 Å². The van der Waals surface area contributed by atoms with E-state index in [0.29, 0.717) is 81.5 Å². The molecule has 2 atom stereocenters. The molecule has 1 amide bonds. The van der Waals surface area contributed by atoms with Crippen molar-refractivity contribution < 1.29 is 49.0 Å². The Bertz CT molecular complexity index is 1910. The molecule has 13 nitrogen and oxygen atoms in total. The highest BCUT2D eigenvalue weighted by atomic mass is 16.6. The summed E-state index contributed by atoms with van der Waals surface area (Å²) in [5.74, 6) is 1.68. The monoisotopic (exact) mass is 713 g/mol. The van der Waals surface area contributed by atoms with Crippen LogP contribution in [0, 0.1) is 6.92 Å². The predicted octanol–water partition coefficient (Wildman–Crippen LogP) is 4.55. The zero-order valence-corrected chi connectivity index (χ0v) is 29.3. The number of hydrogen-bond donors (Lipinski definition) is 6. The third kappa shape index (κ3) is 7.63. The van der Waals surface area contributed by atoms with E-state index in [0.717, 1.165) is 22.4 Å². The Morgan fingerprint density at radius 2 is 1.44 bits per heavy atom. The zero-order valence-electron chi connectivity index (χ0n) is 29.3. The van der Waals surface area contributed by atoms with Crippen LogP contribution in [0.3, 0.4) is 0 Å². The number of rotatable bonds is 15. The van der Waals surface area contributed by atoms with Gasteiger partial charge in [-0.05, 0) is 83.3 Å². The van der Waals surface area contributed by atoms with Crippen LogP contribution in [-0.4, -0.2) is 59.5 Å². The van der Waals surface area contributed by atoms with E-state index in [4.69, 9.17) is 23.8 Å². The van der Waals surface area contributed by atoms with Gasteiger partial charge in [-0.3, -0.25) is 4.79 Å². The number of nitrogens with zero attached hydrogens (tertiary/aromatic N) is 1. The van der Waals surface area contributed by atoms with Gasteiger partial charge in [0.05, 0.1) is 65.1 Å². The van der Waals surface area contributed by atoms with E-state index in [-0.39, 0.29) is 38.9 Å². The number of aliphatic hydroxyl groups is 4. The van der Waals surface area contributed by atoms with Crippen LogP contribution >= 0.6 is 0 Å². The molecule has 0 saturated carbocycles. The molecule has 2 unspecified atom stereocenters. The summed E-state index contributed by atoms with van der Waals surface area (Å²) in [4.78, 5) is 18.5. The van der Waals surface area contributed by atoms with Crippen LogP contribution in [0.15, 0.2) is 65.8 Å². The molecule has 6 rings (SSSR count). The minimum Gasteiger partial charge on any atom is -0.493 e. The van der Waals surface area contributed by atoms with E-state index in [9.17, 15) is 25.2 Å². The zero-order chi connectivity index (χ0) is 36.8. The number of aliphatic hydroxyl groups excluding tert-OH is 4. The van der Waals surface area contributed by atoms with E-state index in [1.807, 2.05) is 37.3 Å². The molecule has 2 aliphatic rings. The molecular weight excluding hydrogens is 670 g/mol. The van der Waals surface area contributed by atoms with E-state index < -0.39 is 12.3 Å². The number of nitrogens with one attached hydrogen (secondary N) is 2. The van der Waals surface area contributed by atoms with Crippen molar-refractivity contribution in [1.82, 2.24) is 5.32 Å². The summed E-state index contributed by atoms with van der Waals surface area (Å²) in [5, 5.41) is 50.1. The predicted molar refractivity (Wildman–Crippen MR) is 192 cm³/mol. The van der Waals surface area contributed by atoms with Gasteiger partial charge in [0.2, 0.25) is 5.75 Å². The molecule has 0 aromatic heterocycles. The number of ether oxygens (including phenoxy) is 4. The number of hydrogen-bond acceptors (Lipinski definition) is 12. The number of aryl methyl sites for hydroxylation is 1. The highest BCUT2D eigenvalue weighted by molar-refractivity contribution is 6.03. The van der Waals surface area contributed by atoms with Gasteiger partial charge >= 0.3 is 0 Å². The maximum Gasteiger partial charge on any atom is 0.255 e. The van der Waals surface area contributed by atoms with Crippen LogP contribution < -0.4 is 29.6 Å². The van der Waals surface area contributed by atoms with Crippen molar-refractivity contribution in [2.24, 2.45) is 5.16 Å². The minimum absolute atomic E-state index is 0.163. The molecule has 274 valence electrons. The number of amides is 1. The van der Waals surface area contributed by atoms with Crippen LogP contribution in [0.2, 0.25) is 0 Å². The summed E-state index contributed by atoms with van der Waals surface area (Å²) in [7, 11) is 3.07. The summed E-state index contributed by atoms with van der Waals surface area (Å²) in [5.41, 5.74) is 7.36. The third-order valence-corrected chi connectivity index (χ3v) is 9.17. The smallest absolute Gasteiger partial charge is 0.255 e. The molecule has 2 heterocycles. The van der Waals surface area contributed by atoms with Gasteiger partial charge in [-0.25, -0.2) is 0 Å². The van der Waals surface area contributed by atoms with Gasteiger partial charge in [-0.15, -0.1) is 0 Å². The van der Waals surface area contributed by atoms with E-state index in [1.54, 1.807) is 30.3 Å². The second kappa shape index (κ2) is 16.3. The summed E-state index contributed by atoms with van der Waals surface area (Å²) < 4.78 is 23.4. The molecule has 13 heteroatoms. The van der Waals surface area contributed by atoms with Crippen LogP contribution in [0.25, 0.3) is 0 Å². The molecule has 6 N–H and O–H groups in total. The lowest BCUT2D eigenvalue weighted by Crippen LogP contribution is -2.38. The summed E-state index contributed by atoms with van der Waals surface area (Å²) in [6, 6.07) is 18.2. The largest absolute Gasteiger partial charge is 0.493 e. The summed E-state index contributed by atoms with van der Waals surface area (Å²) in [6.45, 7) is 1.43. The maximum atomic E-state index is 12.7. The van der Waals surface area contributed by atoms with Gasteiger partial charge in [0.15, 0.2) is 17.6 Å². The van der Waals surface area contributed by atoms with Gasteiger partial charge < -0.3 is 54.8 Å². The number of carbonyl (C=O) groups is 1. The molecule has 0 fully saturated rings. The quantitative estimate of drug-likeness (QED) is 0.0952. The second-order valence-electron chi connectivity index (χ2n) is 12.5. The number of benzene rings is 4. The Balaban J connectivity index is 1.06. The summed E-state index contributed by atoms with van der Waals surface area (Å²) >= 11 is 0. The lowest BCUT2D eigenvalue weighted by atomic mass is 9.93. The molecular formula is C39H43N3O10. The number of fused-ring (bicyclic) bond motifs is 1. The van der Waals surface area contributed by atoms with E-state index in [1.165, 1.54) is 14.2 Å². The van der Waals surface area contributed by atoms with Gasteiger partial charge in [0, 0.05) is 29.7 Å². The first-order chi connectivity index (χ1) is 25.3. The fourth-order valence-electron chi connectivity index (χ4n) is 6.41. The van der Waals surface area contributed by atoms with Gasteiger partial charge in [0.1, 0.15) is 11.9 Å². The third-order valence-electron chi connectivity index (χ3n) is 9.17. The maximum absolute atomic E-state index is 12.7. The van der Waals surface area contributed by atoms with Crippen molar-refractivity contribution in [2.45, 2.75) is 58.5 Å². The van der Waals surface area contributed by atoms with Crippen molar-refractivity contribution in [3.63, 3.8) is 0 Å². The lowest BCUT2D eigenvalue weighted by molar-refractivity contribution is 0.0853. The first-order valence-corrected chi connectivity index (χ1v) is 16.9. The SMILES string of the molecule is COc1cc(C2=NOC(c3cc(CO)c(CO)c(CO)c3)C2)cc(OC)c1OCCCOc1ccc(C2NC(=O)c3cc(C)ccc3N2)cc1CO. The second-order valence-corrected chi connectivity index (χ2v) is 12.5. The van der Waals surface area contributed by atoms with Crippen LogP contribution in [0.5, 0.6) is 23.0 Å². The van der Waals surface area contributed by atoms with Crippen LogP contribution in [-0.2, 0) is 31.3 Å². The topological polar surface area (TPSA) is 181 Å². The fourth-order valence-corrected chi connectivity index (χ4v) is 6.41. The Morgan fingerprint density at radius 1 is 0.769 bits per heavy atom. The van der Waals surface area contributed by atoms with Crippen molar-refractivity contribution in [2.75, 3.05) is 32.8 Å². The number of methoxy groups -OCH3 is 2. The number of anilines is 1. The molecule has 0 spiro atoms. The number of carbonyl (C=O) groups excluding carboxylic acids is 1. The standard InChI is InChI=1S/C39H43N3O10/c1-22-5-7-31-29(11-22)39(47)41-38(40-31)23-6-8-33(28(12-23)20-45)50-9-4-10-51-37-35(48-2)15-24(16-36(37)49-3)32-17-34(52-42-32)25-13-26(18-43)30(21-46)27(14-25)19-44/h5-8,11-16,34,38,40,43-46H,4,9-10,17-21H2,1-3H3,(H,41,47). The van der Waals surface area contributed by atoms with Crippen molar-refractivity contribution in [3.05, 3.63) is 111 Å².